The summed E-state index contributed by atoms with van der Waals surface area (Å²) in [5.74, 6) is 0.343. The Morgan fingerprint density at radius 1 is 0.446 bits per heavy atom. The highest BCUT2D eigenvalue weighted by atomic mass is 15.2. The lowest BCUT2D eigenvalue weighted by Gasteiger charge is -2.44. The molecule has 2 aliphatic heterocycles. The molecule has 1 unspecified atom stereocenters. The molecule has 8 aromatic rings. The van der Waals surface area contributed by atoms with E-state index in [-0.39, 0.29) is 38.8 Å². The van der Waals surface area contributed by atoms with E-state index >= 15 is 0 Å². The van der Waals surface area contributed by atoms with E-state index in [0.29, 0.717) is 0 Å². The predicted octanol–water partition coefficient (Wildman–Crippen LogP) is 18.8. The Bertz CT molecular complexity index is 3430. The highest BCUT2D eigenvalue weighted by Crippen LogP contribution is 2.57. The summed E-state index contributed by atoms with van der Waals surface area (Å²) in [4.78, 5) is 5.39. The number of rotatable bonds is 7. The zero-order chi connectivity index (χ0) is 52.3. The average molecular weight is 969 g/mol. The van der Waals surface area contributed by atoms with E-state index in [1.54, 1.807) is 0 Å². The maximum absolute atomic E-state index is 2.75. The lowest BCUT2D eigenvalue weighted by molar-refractivity contribution is 0.331. The Balaban J connectivity index is 1.29. The first-order valence-electron chi connectivity index (χ1n) is 27.6. The normalized spacial score (nSPS) is 16.7. The molecule has 8 aromatic carbocycles. The predicted molar refractivity (Wildman–Crippen MR) is 321 cm³/mol. The fourth-order valence-electron chi connectivity index (χ4n) is 12.6. The molecule has 0 saturated carbocycles. The molecule has 0 N–H and O–H groups in total. The van der Waals surface area contributed by atoms with Crippen LogP contribution >= 0.6 is 0 Å². The molecule has 3 heteroatoms. The number of anilines is 6. The molecule has 2 nitrogen and oxygen atoms in total. The molecule has 0 radical (unpaired) electrons. The summed E-state index contributed by atoms with van der Waals surface area (Å²) in [6.07, 6.45) is 2.30. The van der Waals surface area contributed by atoms with Gasteiger partial charge in [0, 0.05) is 39.4 Å². The van der Waals surface area contributed by atoms with Crippen molar-refractivity contribution in [1.29, 1.82) is 0 Å². The van der Waals surface area contributed by atoms with Gasteiger partial charge in [0.2, 0.25) is 0 Å². The van der Waals surface area contributed by atoms with E-state index in [1.165, 1.54) is 112 Å². The smallest absolute Gasteiger partial charge is 0.176 e. The first kappa shape index (κ1) is 49.6. The molecule has 0 fully saturated rings. The monoisotopic (exact) mass is 969 g/mol. The number of fused-ring (bicyclic) bond motifs is 6. The summed E-state index contributed by atoms with van der Waals surface area (Å²) in [5.41, 5.74) is 26.0. The standard InChI is InChI=1S/C71H77BN2/c1-45(2)49-39-63-66-64(40-49)74(60-34-30-52(68(6,7)8)41-55(60)48-25-21-24-47(38-48)46-22-17-15-18-23-46)62-44-59-58(69(9,10)36-37-70(59,11)12)43-57(62)65(72-66)56-42-53(71(13,14)51-26-19-16-20-27-51)31-35-61(56)73(63)54-32-28-50(29-33-54)67(3,4)5/h15-35,38-45,65,72H,36-37H2,1-14H3. The molecule has 374 valence electrons. The quantitative estimate of drug-likeness (QED) is 0.147. The van der Waals surface area contributed by atoms with E-state index in [2.05, 4.69) is 277 Å². The van der Waals surface area contributed by atoms with Gasteiger partial charge in [-0.05, 0) is 173 Å². The lowest BCUT2D eigenvalue weighted by Crippen LogP contribution is -2.34. The second-order valence-corrected chi connectivity index (χ2v) is 26.3. The van der Waals surface area contributed by atoms with Crippen molar-refractivity contribution in [3.8, 4) is 22.3 Å². The average Bonchev–Trinajstić information content (AvgIpc) is 3.62. The van der Waals surface area contributed by atoms with Gasteiger partial charge >= 0.3 is 0 Å². The van der Waals surface area contributed by atoms with Crippen LogP contribution in [-0.4, -0.2) is 7.28 Å². The van der Waals surface area contributed by atoms with Gasteiger partial charge in [0.1, 0.15) is 0 Å². The number of nitrogens with zero attached hydrogens (tertiary/aromatic N) is 2. The van der Waals surface area contributed by atoms with E-state index in [0.717, 1.165) is 20.1 Å². The second-order valence-electron chi connectivity index (χ2n) is 26.3. The number of hydrogen-bond acceptors (Lipinski definition) is 2. The molecular formula is C71H77BN2. The van der Waals surface area contributed by atoms with E-state index < -0.39 is 0 Å². The van der Waals surface area contributed by atoms with Gasteiger partial charge in [-0.15, -0.1) is 0 Å². The van der Waals surface area contributed by atoms with Gasteiger partial charge < -0.3 is 9.80 Å². The Morgan fingerprint density at radius 3 is 1.62 bits per heavy atom. The van der Waals surface area contributed by atoms with Crippen molar-refractivity contribution < 1.29 is 0 Å². The van der Waals surface area contributed by atoms with Crippen molar-refractivity contribution in [2.24, 2.45) is 0 Å². The minimum Gasteiger partial charge on any atom is -0.311 e. The van der Waals surface area contributed by atoms with Crippen molar-refractivity contribution in [1.82, 2.24) is 0 Å². The fraction of sp³-hybridized carbons (Fsp3) is 0.324. The largest absolute Gasteiger partial charge is 0.311 e. The molecule has 3 aliphatic rings. The third kappa shape index (κ3) is 8.53. The van der Waals surface area contributed by atoms with E-state index in [9.17, 15) is 0 Å². The molecule has 74 heavy (non-hydrogen) atoms. The molecule has 2 bridgehead atoms. The number of hydrogen-bond donors (Lipinski definition) is 0. The molecule has 0 spiro atoms. The Kier molecular flexibility index (Phi) is 11.9. The molecule has 1 aliphatic carbocycles. The van der Waals surface area contributed by atoms with Gasteiger partial charge in [0.05, 0.1) is 5.69 Å². The molecule has 1 atom stereocenters. The topological polar surface area (TPSA) is 6.48 Å². The molecule has 0 amide bonds. The van der Waals surface area contributed by atoms with Gasteiger partial charge in [0.15, 0.2) is 7.28 Å². The number of benzene rings is 8. The third-order valence-corrected chi connectivity index (χ3v) is 17.6. The van der Waals surface area contributed by atoms with Gasteiger partial charge in [0.25, 0.3) is 0 Å². The Morgan fingerprint density at radius 2 is 0.986 bits per heavy atom. The molecule has 0 saturated heterocycles. The zero-order valence-corrected chi connectivity index (χ0v) is 46.8. The summed E-state index contributed by atoms with van der Waals surface area (Å²) in [6.45, 7) is 33.6. The van der Waals surface area contributed by atoms with Gasteiger partial charge in [-0.1, -0.05) is 212 Å². The van der Waals surface area contributed by atoms with Crippen LogP contribution in [0.3, 0.4) is 0 Å². The van der Waals surface area contributed by atoms with Crippen LogP contribution in [0.5, 0.6) is 0 Å². The fourth-order valence-corrected chi connectivity index (χ4v) is 12.6. The summed E-state index contributed by atoms with van der Waals surface area (Å²) >= 11 is 0. The van der Waals surface area contributed by atoms with Crippen molar-refractivity contribution in [2.75, 3.05) is 9.80 Å². The highest BCUT2D eigenvalue weighted by Gasteiger charge is 2.44. The van der Waals surface area contributed by atoms with Gasteiger partial charge in [-0.25, -0.2) is 0 Å². The minimum absolute atomic E-state index is 0.00192. The maximum atomic E-state index is 2.75. The molecule has 11 rings (SSSR count). The SMILES string of the molecule is CC(C)c1cc2c3c(c1)N(c1ccc(C(C)(C)C)cc1-c1cccc(-c4ccccc4)c1)c1cc4c(cc1C(B3)c1cc(C(C)(C)c3ccccc3)ccc1N2c1ccc(C(C)(C)C)cc1)C(C)(C)CCC4(C)C. The minimum atomic E-state index is -0.232. The van der Waals surface area contributed by atoms with Crippen LogP contribution < -0.4 is 15.3 Å². The summed E-state index contributed by atoms with van der Waals surface area (Å²) in [5, 5.41) is 0. The summed E-state index contributed by atoms with van der Waals surface area (Å²) < 4.78 is 0. The second kappa shape index (κ2) is 17.8. The van der Waals surface area contributed by atoms with Crippen molar-refractivity contribution >= 4 is 46.9 Å². The third-order valence-electron chi connectivity index (χ3n) is 17.6. The van der Waals surface area contributed by atoms with Crippen LogP contribution in [-0.2, 0) is 27.1 Å². The lowest BCUT2D eigenvalue weighted by atomic mass is 9.53. The van der Waals surface area contributed by atoms with Crippen LogP contribution in [0, 0.1) is 0 Å². The molecule has 2 heterocycles. The van der Waals surface area contributed by atoms with Crippen LogP contribution in [0.1, 0.15) is 172 Å². The highest BCUT2D eigenvalue weighted by molar-refractivity contribution is 6.61. The van der Waals surface area contributed by atoms with Crippen molar-refractivity contribution in [2.45, 2.75) is 149 Å². The van der Waals surface area contributed by atoms with Crippen LogP contribution in [0.25, 0.3) is 22.3 Å². The van der Waals surface area contributed by atoms with Crippen LogP contribution in [0.15, 0.2) is 170 Å². The molecular weight excluding hydrogens is 892 g/mol. The van der Waals surface area contributed by atoms with Crippen LogP contribution in [0.2, 0.25) is 0 Å². The van der Waals surface area contributed by atoms with Crippen molar-refractivity contribution in [3.63, 3.8) is 0 Å². The Hall–Kier alpha value is -6.58. The summed E-state index contributed by atoms with van der Waals surface area (Å²) in [7, 11) is 0.868. The van der Waals surface area contributed by atoms with E-state index in [1.807, 2.05) is 0 Å². The zero-order valence-electron chi connectivity index (χ0n) is 46.8. The molecule has 0 aromatic heterocycles. The first-order valence-corrected chi connectivity index (χ1v) is 27.6. The van der Waals surface area contributed by atoms with Gasteiger partial charge in [-0.3, -0.25) is 0 Å². The summed E-state index contributed by atoms with van der Waals surface area (Å²) in [6, 6.07) is 66.3. The maximum Gasteiger partial charge on any atom is 0.176 e. The van der Waals surface area contributed by atoms with Gasteiger partial charge in [-0.2, -0.15) is 0 Å². The first-order chi connectivity index (χ1) is 35.0. The van der Waals surface area contributed by atoms with Crippen LogP contribution in [0.4, 0.5) is 34.1 Å². The van der Waals surface area contributed by atoms with Crippen molar-refractivity contribution in [3.05, 3.63) is 220 Å². The Labute approximate surface area is 445 Å². The van der Waals surface area contributed by atoms with E-state index in [4.69, 9.17) is 0 Å².